The minimum Gasteiger partial charge on any atom is -0.365 e. The zero-order chi connectivity index (χ0) is 30.1. The summed E-state index contributed by atoms with van der Waals surface area (Å²) in [5.41, 5.74) is 6.71. The van der Waals surface area contributed by atoms with Gasteiger partial charge in [-0.15, -0.1) is 0 Å². The molecule has 10 nitrogen and oxygen atoms in total. The number of amides is 2. The molecule has 0 bridgehead atoms. The van der Waals surface area contributed by atoms with E-state index in [2.05, 4.69) is 20.5 Å². The molecule has 3 aromatic rings. The quantitative estimate of drug-likeness (QED) is 0.251. The maximum absolute atomic E-state index is 13.2. The van der Waals surface area contributed by atoms with Crippen molar-refractivity contribution in [1.29, 1.82) is 0 Å². The number of hydrogen-bond acceptors (Lipinski definition) is 7. The van der Waals surface area contributed by atoms with Gasteiger partial charge in [0, 0.05) is 42.9 Å². The number of halogens is 4. The number of benzene rings is 1. The van der Waals surface area contributed by atoms with E-state index in [-0.39, 0.29) is 23.8 Å². The normalized spacial score (nSPS) is 22.2. The van der Waals surface area contributed by atoms with Crippen molar-refractivity contribution in [3.8, 4) is 0 Å². The molecule has 2 saturated carbocycles. The highest BCUT2D eigenvalue weighted by Crippen LogP contribution is 2.37. The summed E-state index contributed by atoms with van der Waals surface area (Å²) in [6.07, 6.45) is 7.03. The molecule has 3 fully saturated rings. The molecule has 232 valence electrons. The molecule has 1 aromatic carbocycles. The Morgan fingerprint density at radius 3 is 2.35 bits per heavy atom. The zero-order valence-corrected chi connectivity index (χ0v) is 24.6. The number of fused-ring (bicyclic) bond motifs is 1. The van der Waals surface area contributed by atoms with Gasteiger partial charge in [-0.1, -0.05) is 24.4 Å². The number of piperidine rings is 1. The van der Waals surface area contributed by atoms with Crippen molar-refractivity contribution in [3.63, 3.8) is 0 Å². The van der Waals surface area contributed by atoms with Gasteiger partial charge >= 0.3 is 12.2 Å². The number of anilines is 3. The first-order chi connectivity index (χ1) is 20.6. The van der Waals surface area contributed by atoms with Gasteiger partial charge in [0.2, 0.25) is 5.95 Å². The van der Waals surface area contributed by atoms with Crippen molar-refractivity contribution in [1.82, 2.24) is 24.4 Å². The number of alkyl halides is 3. The Morgan fingerprint density at radius 1 is 0.953 bits per heavy atom. The molecular weight excluding hydrogens is 583 g/mol. The SMILES string of the molecule is NC1CCC(Nc2nc(NC3CCN(C(=O)Nc4ccc(Cl)c(C(F)(F)F)c4)CC3)c3ncn(C4CCCC4)c3n2)CC1. The Kier molecular flexibility index (Phi) is 8.54. The molecule has 1 aliphatic heterocycles. The van der Waals surface area contributed by atoms with E-state index in [0.717, 1.165) is 61.8 Å². The van der Waals surface area contributed by atoms with E-state index < -0.39 is 22.8 Å². The second-order valence-electron chi connectivity index (χ2n) is 11.9. The highest BCUT2D eigenvalue weighted by Gasteiger charge is 2.34. The van der Waals surface area contributed by atoms with E-state index in [4.69, 9.17) is 32.3 Å². The molecular formula is C29H37ClF3N9O. The molecule has 43 heavy (non-hydrogen) atoms. The zero-order valence-electron chi connectivity index (χ0n) is 23.8. The molecule has 0 spiro atoms. The van der Waals surface area contributed by atoms with E-state index in [0.29, 0.717) is 43.7 Å². The molecule has 2 aromatic heterocycles. The van der Waals surface area contributed by atoms with Crippen LogP contribution < -0.4 is 21.7 Å². The molecule has 6 rings (SSSR count). The smallest absolute Gasteiger partial charge is 0.365 e. The highest BCUT2D eigenvalue weighted by atomic mass is 35.5. The molecule has 14 heteroatoms. The largest absolute Gasteiger partial charge is 0.417 e. The van der Waals surface area contributed by atoms with Crippen LogP contribution in [0.3, 0.4) is 0 Å². The predicted molar refractivity (Wildman–Crippen MR) is 160 cm³/mol. The molecule has 2 amide bonds. The number of urea groups is 1. The highest BCUT2D eigenvalue weighted by molar-refractivity contribution is 6.31. The summed E-state index contributed by atoms with van der Waals surface area (Å²) >= 11 is 5.71. The summed E-state index contributed by atoms with van der Waals surface area (Å²) in [6.45, 7) is 0.864. The van der Waals surface area contributed by atoms with Gasteiger partial charge in [-0.2, -0.15) is 23.1 Å². The first kappa shape index (κ1) is 29.7. The molecule has 5 N–H and O–H groups in total. The van der Waals surface area contributed by atoms with E-state index in [1.54, 1.807) is 4.90 Å². The van der Waals surface area contributed by atoms with Crippen LogP contribution >= 0.6 is 11.6 Å². The summed E-state index contributed by atoms with van der Waals surface area (Å²) < 4.78 is 41.9. The van der Waals surface area contributed by atoms with E-state index in [9.17, 15) is 18.0 Å². The van der Waals surface area contributed by atoms with Gasteiger partial charge in [-0.05, 0) is 69.6 Å². The standard InChI is InChI=1S/C29H37ClF3N9O/c30-23-10-9-20(15-22(23)29(31,32)33)38-28(43)41-13-11-19(12-14-41)36-25-24-26(42(16-35-24)21-3-1-2-4-21)40-27(39-25)37-18-7-5-17(34)6-8-18/h9-10,15-19,21H,1-8,11-14,34H2,(H,38,43)(H2,36,37,39,40). The van der Waals surface area contributed by atoms with Crippen molar-refractivity contribution in [2.75, 3.05) is 29.0 Å². The van der Waals surface area contributed by atoms with Crippen LogP contribution in [0, 0.1) is 0 Å². The third kappa shape index (κ3) is 6.77. The number of imidazole rings is 1. The number of nitrogens with two attached hydrogens (primary N) is 1. The van der Waals surface area contributed by atoms with Gasteiger partial charge in [0.25, 0.3) is 0 Å². The van der Waals surface area contributed by atoms with Crippen LogP contribution in [0.4, 0.5) is 35.4 Å². The Balaban J connectivity index is 1.14. The molecule has 1 saturated heterocycles. The van der Waals surface area contributed by atoms with Gasteiger partial charge in [-0.3, -0.25) is 0 Å². The second-order valence-corrected chi connectivity index (χ2v) is 12.3. The van der Waals surface area contributed by atoms with Crippen LogP contribution in [-0.2, 0) is 6.18 Å². The van der Waals surface area contributed by atoms with Crippen molar-refractivity contribution in [3.05, 3.63) is 35.1 Å². The lowest BCUT2D eigenvalue weighted by Gasteiger charge is -2.33. The molecule has 3 aliphatic rings. The number of hydrogen-bond donors (Lipinski definition) is 4. The lowest BCUT2D eigenvalue weighted by Crippen LogP contribution is -2.44. The van der Waals surface area contributed by atoms with E-state index >= 15 is 0 Å². The van der Waals surface area contributed by atoms with E-state index in [1.165, 1.54) is 18.9 Å². The first-order valence-corrected chi connectivity index (χ1v) is 15.5. The van der Waals surface area contributed by atoms with Gasteiger partial charge in [0.05, 0.1) is 16.9 Å². The lowest BCUT2D eigenvalue weighted by atomic mass is 9.92. The molecule has 0 radical (unpaired) electrons. The third-order valence-electron chi connectivity index (χ3n) is 8.89. The van der Waals surface area contributed by atoms with Crippen LogP contribution in [0.2, 0.25) is 5.02 Å². The third-order valence-corrected chi connectivity index (χ3v) is 9.22. The maximum Gasteiger partial charge on any atom is 0.417 e. The average molecular weight is 620 g/mol. The van der Waals surface area contributed by atoms with Crippen LogP contribution in [0.15, 0.2) is 24.5 Å². The topological polar surface area (TPSA) is 126 Å². The summed E-state index contributed by atoms with van der Waals surface area (Å²) in [5, 5.41) is 9.27. The Bertz CT molecular complexity index is 1440. The van der Waals surface area contributed by atoms with Gasteiger partial charge < -0.3 is 31.2 Å². The fourth-order valence-electron chi connectivity index (χ4n) is 6.42. The number of nitrogens with one attached hydrogen (secondary N) is 3. The Hall–Kier alpha value is -3.32. The van der Waals surface area contributed by atoms with Crippen LogP contribution in [0.1, 0.15) is 75.8 Å². The predicted octanol–water partition coefficient (Wildman–Crippen LogP) is 6.40. The van der Waals surface area contributed by atoms with Gasteiger partial charge in [0.15, 0.2) is 17.0 Å². The molecule has 0 atom stereocenters. The van der Waals surface area contributed by atoms with E-state index in [1.807, 2.05) is 6.33 Å². The summed E-state index contributed by atoms with van der Waals surface area (Å²) in [7, 11) is 0. The number of likely N-dealkylation sites (tertiary alicyclic amines) is 1. The molecule has 2 aliphatic carbocycles. The number of nitrogens with zero attached hydrogens (tertiary/aromatic N) is 5. The number of carbonyl (C=O) groups excluding carboxylic acids is 1. The average Bonchev–Trinajstić information content (AvgIpc) is 3.65. The summed E-state index contributed by atoms with van der Waals surface area (Å²) in [5.74, 6) is 1.24. The number of rotatable bonds is 6. The van der Waals surface area contributed by atoms with Gasteiger partial charge in [0.1, 0.15) is 0 Å². The van der Waals surface area contributed by atoms with Crippen molar-refractivity contribution < 1.29 is 18.0 Å². The first-order valence-electron chi connectivity index (χ1n) is 15.1. The van der Waals surface area contributed by atoms with Crippen molar-refractivity contribution in [2.45, 2.75) is 94.6 Å². The summed E-state index contributed by atoms with van der Waals surface area (Å²) in [6, 6.07) is 3.83. The number of carbonyl (C=O) groups is 1. The lowest BCUT2D eigenvalue weighted by molar-refractivity contribution is -0.137. The second kappa shape index (κ2) is 12.4. The fraction of sp³-hybridized carbons (Fsp3) is 0.586. The minimum absolute atomic E-state index is 0.0340. The van der Waals surface area contributed by atoms with Crippen LogP contribution in [-0.4, -0.2) is 61.7 Å². The monoisotopic (exact) mass is 619 g/mol. The fourth-order valence-corrected chi connectivity index (χ4v) is 6.65. The Morgan fingerprint density at radius 2 is 1.65 bits per heavy atom. The van der Waals surface area contributed by atoms with Crippen molar-refractivity contribution in [2.24, 2.45) is 5.73 Å². The number of aromatic nitrogens is 4. The Labute approximate surface area is 253 Å². The minimum atomic E-state index is -4.61. The maximum atomic E-state index is 13.2. The van der Waals surface area contributed by atoms with Crippen LogP contribution in [0.25, 0.3) is 11.2 Å². The van der Waals surface area contributed by atoms with Crippen LogP contribution in [0.5, 0.6) is 0 Å². The van der Waals surface area contributed by atoms with Gasteiger partial charge in [-0.25, -0.2) is 9.78 Å². The molecule has 0 unspecified atom stereocenters. The van der Waals surface area contributed by atoms with Crippen molar-refractivity contribution >= 4 is 46.2 Å². The molecule has 3 heterocycles. The summed E-state index contributed by atoms with van der Waals surface area (Å²) in [4.78, 5) is 29.0.